The molecule has 0 unspecified atom stereocenters. The minimum absolute atomic E-state index is 0.0829. The summed E-state index contributed by atoms with van der Waals surface area (Å²) in [6, 6.07) is 5.08. The highest BCUT2D eigenvalue weighted by molar-refractivity contribution is 7.92. The quantitative estimate of drug-likeness (QED) is 0.820. The average molecular weight is 282 g/mol. The van der Waals surface area contributed by atoms with Gasteiger partial charge in [-0.1, -0.05) is 0 Å². The maximum absolute atomic E-state index is 11.8. The predicted octanol–water partition coefficient (Wildman–Crippen LogP) is 0.212. The SMILES string of the molecule is CC(=O)NCCS(=O)(=O)Nc1ccn2nccc2c1. The van der Waals surface area contributed by atoms with Gasteiger partial charge in [0.15, 0.2) is 0 Å². The number of amides is 1. The first-order valence-electron chi connectivity index (χ1n) is 5.65. The van der Waals surface area contributed by atoms with Gasteiger partial charge in [-0.15, -0.1) is 0 Å². The molecule has 0 saturated carbocycles. The molecule has 19 heavy (non-hydrogen) atoms. The number of hydrogen-bond donors (Lipinski definition) is 2. The molecule has 0 aliphatic rings. The average Bonchev–Trinajstić information content (AvgIpc) is 2.74. The number of anilines is 1. The van der Waals surface area contributed by atoms with Gasteiger partial charge in [-0.2, -0.15) is 5.10 Å². The summed E-state index contributed by atoms with van der Waals surface area (Å²) >= 11 is 0. The lowest BCUT2D eigenvalue weighted by Crippen LogP contribution is -2.29. The van der Waals surface area contributed by atoms with Crippen LogP contribution in [0.15, 0.2) is 30.6 Å². The topological polar surface area (TPSA) is 92.6 Å². The molecule has 2 aromatic rings. The second-order valence-electron chi connectivity index (χ2n) is 4.02. The number of nitrogens with zero attached hydrogens (tertiary/aromatic N) is 2. The van der Waals surface area contributed by atoms with Crippen molar-refractivity contribution in [1.29, 1.82) is 0 Å². The first-order valence-corrected chi connectivity index (χ1v) is 7.30. The molecule has 0 fully saturated rings. The van der Waals surface area contributed by atoms with Crippen LogP contribution < -0.4 is 10.0 Å². The molecule has 2 N–H and O–H groups in total. The van der Waals surface area contributed by atoms with Crippen LogP contribution in [0.3, 0.4) is 0 Å². The minimum Gasteiger partial charge on any atom is -0.355 e. The summed E-state index contributed by atoms with van der Waals surface area (Å²) in [6.45, 7) is 1.42. The van der Waals surface area contributed by atoms with Crippen LogP contribution in [0, 0.1) is 0 Å². The van der Waals surface area contributed by atoms with Crippen molar-refractivity contribution in [2.75, 3.05) is 17.0 Å². The highest BCUT2D eigenvalue weighted by Crippen LogP contribution is 2.12. The van der Waals surface area contributed by atoms with Crippen molar-refractivity contribution >= 4 is 27.1 Å². The first kappa shape index (κ1) is 13.3. The molecule has 0 radical (unpaired) electrons. The van der Waals surface area contributed by atoms with Gasteiger partial charge >= 0.3 is 0 Å². The van der Waals surface area contributed by atoms with Crippen LogP contribution in [0.2, 0.25) is 0 Å². The molecule has 0 atom stereocenters. The van der Waals surface area contributed by atoms with Gasteiger partial charge < -0.3 is 5.32 Å². The molecule has 0 aliphatic carbocycles. The van der Waals surface area contributed by atoms with Gasteiger partial charge in [-0.3, -0.25) is 9.52 Å². The molecule has 2 heterocycles. The molecule has 102 valence electrons. The Hall–Kier alpha value is -2.09. The summed E-state index contributed by atoms with van der Waals surface area (Å²) in [5, 5.41) is 6.46. The number of carbonyl (C=O) groups is 1. The highest BCUT2D eigenvalue weighted by Gasteiger charge is 2.10. The van der Waals surface area contributed by atoms with E-state index in [1.54, 1.807) is 35.1 Å². The van der Waals surface area contributed by atoms with Crippen LogP contribution in [0.1, 0.15) is 6.92 Å². The molecular weight excluding hydrogens is 268 g/mol. The lowest BCUT2D eigenvalue weighted by atomic mass is 10.4. The van der Waals surface area contributed by atoms with Crippen molar-refractivity contribution in [2.45, 2.75) is 6.92 Å². The number of aromatic nitrogens is 2. The number of pyridine rings is 1. The van der Waals surface area contributed by atoms with Crippen molar-refractivity contribution in [3.05, 3.63) is 30.6 Å². The van der Waals surface area contributed by atoms with E-state index < -0.39 is 10.0 Å². The third-order valence-corrected chi connectivity index (χ3v) is 3.71. The molecule has 2 rings (SSSR count). The molecule has 0 aromatic carbocycles. The zero-order valence-electron chi connectivity index (χ0n) is 10.3. The van der Waals surface area contributed by atoms with E-state index in [0.717, 1.165) is 5.52 Å². The number of rotatable bonds is 5. The van der Waals surface area contributed by atoms with Crippen molar-refractivity contribution in [3.8, 4) is 0 Å². The third-order valence-electron chi connectivity index (χ3n) is 2.42. The molecule has 0 aliphatic heterocycles. The fraction of sp³-hybridized carbons (Fsp3) is 0.273. The smallest absolute Gasteiger partial charge is 0.234 e. The Morgan fingerprint density at radius 1 is 1.42 bits per heavy atom. The second-order valence-corrected chi connectivity index (χ2v) is 5.86. The largest absolute Gasteiger partial charge is 0.355 e. The number of fused-ring (bicyclic) bond motifs is 1. The van der Waals surface area contributed by atoms with Crippen LogP contribution in [0.5, 0.6) is 0 Å². The summed E-state index contributed by atoms with van der Waals surface area (Å²) < 4.78 is 27.6. The standard InChI is InChI=1S/C11H14N4O3S/c1-9(16)12-5-7-19(17,18)14-10-3-6-15-11(8-10)2-4-13-15/h2-4,6,8,14H,5,7H2,1H3,(H,12,16). The predicted molar refractivity (Wildman–Crippen MR) is 71.3 cm³/mol. The Morgan fingerprint density at radius 2 is 2.21 bits per heavy atom. The summed E-state index contributed by atoms with van der Waals surface area (Å²) in [7, 11) is -3.48. The van der Waals surface area contributed by atoms with Crippen LogP contribution in [0.25, 0.3) is 5.52 Å². The van der Waals surface area contributed by atoms with Gasteiger partial charge in [0.2, 0.25) is 15.9 Å². The van der Waals surface area contributed by atoms with Crippen LogP contribution in [-0.2, 0) is 14.8 Å². The van der Waals surface area contributed by atoms with Gasteiger partial charge in [0.1, 0.15) is 0 Å². The van der Waals surface area contributed by atoms with E-state index in [1.807, 2.05) is 0 Å². The lowest BCUT2D eigenvalue weighted by Gasteiger charge is -2.08. The second kappa shape index (κ2) is 5.27. The zero-order valence-corrected chi connectivity index (χ0v) is 11.1. The van der Waals surface area contributed by atoms with E-state index in [1.165, 1.54) is 6.92 Å². The highest BCUT2D eigenvalue weighted by atomic mass is 32.2. The lowest BCUT2D eigenvalue weighted by molar-refractivity contribution is -0.118. The van der Waals surface area contributed by atoms with Crippen LogP contribution in [-0.4, -0.2) is 36.2 Å². The molecule has 1 amide bonds. The number of sulfonamides is 1. The van der Waals surface area contributed by atoms with Gasteiger partial charge in [-0.25, -0.2) is 12.9 Å². The third kappa shape index (κ3) is 3.68. The maximum atomic E-state index is 11.8. The van der Waals surface area contributed by atoms with E-state index in [4.69, 9.17) is 0 Å². The molecule has 0 bridgehead atoms. The Bertz CT molecular complexity index is 693. The maximum Gasteiger partial charge on any atom is 0.234 e. The van der Waals surface area contributed by atoms with Crippen molar-refractivity contribution in [2.24, 2.45) is 0 Å². The van der Waals surface area contributed by atoms with Crippen LogP contribution in [0.4, 0.5) is 5.69 Å². The number of hydrogen-bond acceptors (Lipinski definition) is 4. The molecule has 8 heteroatoms. The molecule has 0 spiro atoms. The molecule has 2 aromatic heterocycles. The fourth-order valence-electron chi connectivity index (χ4n) is 1.58. The molecule has 7 nitrogen and oxygen atoms in total. The van der Waals surface area contributed by atoms with Gasteiger partial charge in [0, 0.05) is 25.9 Å². The van der Waals surface area contributed by atoms with Gasteiger partial charge in [0.05, 0.1) is 17.0 Å². The van der Waals surface area contributed by atoms with Crippen molar-refractivity contribution in [1.82, 2.24) is 14.9 Å². The number of nitrogens with one attached hydrogen (secondary N) is 2. The summed E-state index contributed by atoms with van der Waals surface area (Å²) in [5.41, 5.74) is 1.26. The summed E-state index contributed by atoms with van der Waals surface area (Å²) in [4.78, 5) is 10.7. The van der Waals surface area contributed by atoms with E-state index in [2.05, 4.69) is 15.1 Å². The monoisotopic (exact) mass is 282 g/mol. The Morgan fingerprint density at radius 3 is 2.95 bits per heavy atom. The fourth-order valence-corrected chi connectivity index (χ4v) is 2.54. The van der Waals surface area contributed by atoms with E-state index in [9.17, 15) is 13.2 Å². The summed E-state index contributed by atoms with van der Waals surface area (Å²) in [5.74, 6) is -0.423. The Balaban J connectivity index is 2.04. The van der Waals surface area contributed by atoms with Crippen molar-refractivity contribution in [3.63, 3.8) is 0 Å². The van der Waals surface area contributed by atoms with Gasteiger partial charge in [-0.05, 0) is 18.2 Å². The zero-order chi connectivity index (χ0) is 13.9. The van der Waals surface area contributed by atoms with E-state index in [0.29, 0.717) is 5.69 Å². The van der Waals surface area contributed by atoms with E-state index in [-0.39, 0.29) is 18.2 Å². The first-order chi connectivity index (χ1) is 8.96. The Kier molecular flexibility index (Phi) is 3.70. The Labute approximate surface area is 110 Å². The summed E-state index contributed by atoms with van der Waals surface area (Å²) in [6.07, 6.45) is 3.30. The molecular formula is C11H14N4O3S. The molecule has 0 saturated heterocycles. The van der Waals surface area contributed by atoms with E-state index >= 15 is 0 Å². The normalized spacial score (nSPS) is 11.4. The van der Waals surface area contributed by atoms with Crippen molar-refractivity contribution < 1.29 is 13.2 Å². The number of carbonyl (C=O) groups excluding carboxylic acids is 1. The van der Waals surface area contributed by atoms with Gasteiger partial charge in [0.25, 0.3) is 0 Å². The minimum atomic E-state index is -3.48. The van der Waals surface area contributed by atoms with Crippen LogP contribution >= 0.6 is 0 Å².